The molecule has 0 saturated heterocycles. The van der Waals surface area contributed by atoms with Crippen LogP contribution in [0.5, 0.6) is 11.6 Å². The second-order valence-corrected chi connectivity index (χ2v) is 4.50. The van der Waals surface area contributed by atoms with Crippen molar-refractivity contribution in [1.82, 2.24) is 10.3 Å². The predicted octanol–water partition coefficient (Wildman–Crippen LogP) is 2.60. The van der Waals surface area contributed by atoms with Crippen molar-refractivity contribution in [1.29, 1.82) is 0 Å². The van der Waals surface area contributed by atoms with E-state index in [4.69, 9.17) is 9.47 Å². The van der Waals surface area contributed by atoms with Gasteiger partial charge in [0.1, 0.15) is 5.75 Å². The fourth-order valence-corrected chi connectivity index (χ4v) is 2.24. The quantitative estimate of drug-likeness (QED) is 0.878. The summed E-state index contributed by atoms with van der Waals surface area (Å²) in [5, 5.41) is 3.32. The van der Waals surface area contributed by atoms with Gasteiger partial charge in [-0.05, 0) is 37.2 Å². The van der Waals surface area contributed by atoms with Crippen LogP contribution >= 0.6 is 0 Å². The molecule has 1 unspecified atom stereocenters. The van der Waals surface area contributed by atoms with Crippen molar-refractivity contribution in [2.75, 3.05) is 21.3 Å². The van der Waals surface area contributed by atoms with E-state index in [2.05, 4.69) is 16.4 Å². The van der Waals surface area contributed by atoms with E-state index < -0.39 is 0 Å². The van der Waals surface area contributed by atoms with E-state index in [0.29, 0.717) is 5.88 Å². The zero-order valence-electron chi connectivity index (χ0n) is 12.1. The molecule has 1 heterocycles. The summed E-state index contributed by atoms with van der Waals surface area (Å²) in [6.07, 6.45) is 2.58. The van der Waals surface area contributed by atoms with E-state index >= 15 is 0 Å². The Morgan fingerprint density at radius 1 is 1.15 bits per heavy atom. The predicted molar refractivity (Wildman–Crippen MR) is 79.3 cm³/mol. The molecule has 0 saturated carbocycles. The summed E-state index contributed by atoms with van der Waals surface area (Å²) in [5.41, 5.74) is 2.26. The summed E-state index contributed by atoms with van der Waals surface area (Å²) >= 11 is 0. The molecule has 0 aliphatic heterocycles. The molecule has 0 bridgehead atoms. The molecule has 4 nitrogen and oxygen atoms in total. The molecule has 0 aliphatic carbocycles. The number of likely N-dealkylation sites (N-methyl/N-ethyl adjacent to an activating group) is 1. The molecule has 1 atom stereocenters. The molecular formula is C16H20N2O2. The molecule has 0 amide bonds. The smallest absolute Gasteiger partial charge is 0.217 e. The lowest BCUT2D eigenvalue weighted by molar-refractivity contribution is 0.384. The molecule has 106 valence electrons. The Kier molecular flexibility index (Phi) is 4.96. The van der Waals surface area contributed by atoms with E-state index in [-0.39, 0.29) is 6.04 Å². The number of rotatable bonds is 6. The molecule has 0 fully saturated rings. The summed E-state index contributed by atoms with van der Waals surface area (Å²) in [6.45, 7) is 0. The van der Waals surface area contributed by atoms with Gasteiger partial charge in [0.25, 0.3) is 0 Å². The molecule has 4 heteroatoms. The Balaban J connectivity index is 2.24. The number of nitrogens with zero attached hydrogens (tertiary/aromatic N) is 1. The number of hydrogen-bond donors (Lipinski definition) is 1. The van der Waals surface area contributed by atoms with E-state index in [0.717, 1.165) is 17.7 Å². The zero-order chi connectivity index (χ0) is 14.4. The Bertz CT molecular complexity index is 558. The van der Waals surface area contributed by atoms with Crippen molar-refractivity contribution in [2.24, 2.45) is 0 Å². The second-order valence-electron chi connectivity index (χ2n) is 4.50. The van der Waals surface area contributed by atoms with Crippen molar-refractivity contribution in [3.8, 4) is 11.6 Å². The minimum atomic E-state index is 0.144. The first kappa shape index (κ1) is 14.3. The third-order valence-electron chi connectivity index (χ3n) is 3.29. The van der Waals surface area contributed by atoms with Crippen molar-refractivity contribution >= 4 is 0 Å². The first-order valence-corrected chi connectivity index (χ1v) is 6.57. The fraction of sp³-hybridized carbons (Fsp3) is 0.312. The van der Waals surface area contributed by atoms with Crippen LogP contribution in [0, 0.1) is 0 Å². The lowest BCUT2D eigenvalue weighted by atomic mass is 9.99. The monoisotopic (exact) mass is 272 g/mol. The van der Waals surface area contributed by atoms with Crippen molar-refractivity contribution < 1.29 is 9.47 Å². The fourth-order valence-electron chi connectivity index (χ4n) is 2.24. The van der Waals surface area contributed by atoms with Crippen LogP contribution in [0.1, 0.15) is 17.2 Å². The number of hydrogen-bond acceptors (Lipinski definition) is 4. The molecule has 0 radical (unpaired) electrons. The van der Waals surface area contributed by atoms with Crippen LogP contribution < -0.4 is 14.8 Å². The Labute approximate surface area is 119 Å². The van der Waals surface area contributed by atoms with Gasteiger partial charge in [0, 0.05) is 17.8 Å². The molecule has 1 N–H and O–H groups in total. The first-order chi connectivity index (χ1) is 9.78. The van der Waals surface area contributed by atoms with Crippen LogP contribution in [0.25, 0.3) is 0 Å². The minimum Gasteiger partial charge on any atom is -0.497 e. The lowest BCUT2D eigenvalue weighted by Crippen LogP contribution is -2.20. The van der Waals surface area contributed by atoms with Gasteiger partial charge in [-0.25, -0.2) is 4.98 Å². The molecule has 0 spiro atoms. The highest BCUT2D eigenvalue weighted by Crippen LogP contribution is 2.26. The standard InChI is InChI=1S/C16H20N2O2/c1-17-15(14-8-5-9-18-16(14)20-3)11-12-6-4-7-13(10-12)19-2/h4-10,15,17H,11H2,1-3H3. The van der Waals surface area contributed by atoms with Gasteiger partial charge in [-0.15, -0.1) is 0 Å². The first-order valence-electron chi connectivity index (χ1n) is 6.57. The molecule has 0 aliphatic rings. The maximum atomic E-state index is 5.33. The number of pyridine rings is 1. The van der Waals surface area contributed by atoms with E-state index in [1.165, 1.54) is 5.56 Å². The summed E-state index contributed by atoms with van der Waals surface area (Å²) in [5.74, 6) is 1.53. The van der Waals surface area contributed by atoms with E-state index in [9.17, 15) is 0 Å². The van der Waals surface area contributed by atoms with Gasteiger partial charge in [-0.3, -0.25) is 0 Å². The maximum Gasteiger partial charge on any atom is 0.217 e. The Hall–Kier alpha value is -2.07. The average Bonchev–Trinajstić information content (AvgIpc) is 2.52. The third-order valence-corrected chi connectivity index (χ3v) is 3.29. The van der Waals surface area contributed by atoms with Crippen molar-refractivity contribution in [2.45, 2.75) is 12.5 Å². The molecular weight excluding hydrogens is 252 g/mol. The van der Waals surface area contributed by atoms with Crippen LogP contribution in [0.3, 0.4) is 0 Å². The minimum absolute atomic E-state index is 0.144. The zero-order valence-corrected chi connectivity index (χ0v) is 12.1. The third kappa shape index (κ3) is 3.27. The summed E-state index contributed by atoms with van der Waals surface area (Å²) in [4.78, 5) is 4.25. The number of nitrogens with one attached hydrogen (secondary N) is 1. The van der Waals surface area contributed by atoms with Crippen LogP contribution in [-0.2, 0) is 6.42 Å². The van der Waals surface area contributed by atoms with Crippen LogP contribution in [-0.4, -0.2) is 26.3 Å². The van der Waals surface area contributed by atoms with Gasteiger partial charge < -0.3 is 14.8 Å². The van der Waals surface area contributed by atoms with Gasteiger partial charge in [0.15, 0.2) is 0 Å². The summed E-state index contributed by atoms with van der Waals surface area (Å²) in [7, 11) is 5.26. The largest absolute Gasteiger partial charge is 0.497 e. The number of benzene rings is 1. The maximum absolute atomic E-state index is 5.33. The highest BCUT2D eigenvalue weighted by atomic mass is 16.5. The molecule has 1 aromatic carbocycles. The van der Waals surface area contributed by atoms with Crippen molar-refractivity contribution in [3.05, 3.63) is 53.7 Å². The Morgan fingerprint density at radius 3 is 2.70 bits per heavy atom. The molecule has 20 heavy (non-hydrogen) atoms. The van der Waals surface area contributed by atoms with E-state index in [1.54, 1.807) is 20.4 Å². The van der Waals surface area contributed by atoms with Gasteiger partial charge in [0.05, 0.1) is 14.2 Å². The molecule has 1 aromatic heterocycles. The highest BCUT2D eigenvalue weighted by Gasteiger charge is 2.15. The second kappa shape index (κ2) is 6.91. The van der Waals surface area contributed by atoms with Crippen molar-refractivity contribution in [3.63, 3.8) is 0 Å². The Morgan fingerprint density at radius 2 is 2.00 bits per heavy atom. The van der Waals surface area contributed by atoms with Gasteiger partial charge >= 0.3 is 0 Å². The van der Waals surface area contributed by atoms with Gasteiger partial charge in [0.2, 0.25) is 5.88 Å². The van der Waals surface area contributed by atoms with Crippen LogP contribution in [0.4, 0.5) is 0 Å². The van der Waals surface area contributed by atoms with Gasteiger partial charge in [-0.1, -0.05) is 18.2 Å². The normalized spacial score (nSPS) is 11.9. The van der Waals surface area contributed by atoms with Gasteiger partial charge in [-0.2, -0.15) is 0 Å². The summed E-state index contributed by atoms with van der Waals surface area (Å²) < 4.78 is 10.6. The van der Waals surface area contributed by atoms with E-state index in [1.807, 2.05) is 37.4 Å². The topological polar surface area (TPSA) is 43.4 Å². The number of methoxy groups -OCH3 is 2. The lowest BCUT2D eigenvalue weighted by Gasteiger charge is -2.18. The number of aromatic nitrogens is 1. The molecule has 2 aromatic rings. The summed E-state index contributed by atoms with van der Waals surface area (Å²) in [6, 6.07) is 12.2. The number of ether oxygens (including phenoxy) is 2. The SMILES string of the molecule is CNC(Cc1cccc(OC)c1)c1cccnc1OC. The average molecular weight is 272 g/mol. The van der Waals surface area contributed by atoms with Crippen LogP contribution in [0.2, 0.25) is 0 Å². The molecule has 2 rings (SSSR count). The highest BCUT2D eigenvalue weighted by molar-refractivity contribution is 5.33. The van der Waals surface area contributed by atoms with Crippen LogP contribution in [0.15, 0.2) is 42.6 Å².